The van der Waals surface area contributed by atoms with E-state index in [2.05, 4.69) is 26.0 Å². The molecule has 1 atom stereocenters. The average molecular weight is 486 g/mol. The third kappa shape index (κ3) is 4.53. The molecule has 0 saturated heterocycles. The first kappa shape index (κ1) is 23.1. The molecule has 0 aliphatic carbocycles. The topological polar surface area (TPSA) is 142 Å². The van der Waals surface area contributed by atoms with Crippen LogP contribution in [0.2, 0.25) is 0 Å². The maximum Gasteiger partial charge on any atom is 0.345 e. The van der Waals surface area contributed by atoms with Crippen LogP contribution in [-0.4, -0.2) is 56.9 Å². The van der Waals surface area contributed by atoms with Crippen molar-refractivity contribution in [1.29, 1.82) is 0 Å². The second-order valence-electron chi connectivity index (χ2n) is 7.88. The number of carbonyl (C=O) groups is 1. The Bertz CT molecular complexity index is 1350. The van der Waals surface area contributed by atoms with Gasteiger partial charge in [-0.2, -0.15) is 8.42 Å². The number of anilines is 1. The van der Waals surface area contributed by atoms with Crippen molar-refractivity contribution in [1.82, 2.24) is 9.62 Å². The van der Waals surface area contributed by atoms with E-state index in [9.17, 15) is 18.3 Å². The Labute approximate surface area is 196 Å². The number of aromatic hydroxyl groups is 1. The van der Waals surface area contributed by atoms with Gasteiger partial charge >= 0.3 is 10.2 Å². The van der Waals surface area contributed by atoms with Gasteiger partial charge in [0, 0.05) is 14.1 Å². The average Bonchev–Trinajstić information content (AvgIpc) is 3.35. The molecule has 0 saturated carbocycles. The van der Waals surface area contributed by atoms with Crippen molar-refractivity contribution in [2.75, 3.05) is 26.2 Å². The molecule has 3 N–H and O–H groups in total. The molecule has 0 fully saturated rings. The van der Waals surface area contributed by atoms with E-state index in [4.69, 9.17) is 9.47 Å². The van der Waals surface area contributed by atoms with Crippen molar-refractivity contribution in [2.24, 2.45) is 9.39 Å². The number of para-hydroxylation sites is 1. The number of ether oxygens (including phenoxy) is 2. The predicted molar refractivity (Wildman–Crippen MR) is 127 cm³/mol. The number of rotatable bonds is 5. The van der Waals surface area contributed by atoms with Crippen molar-refractivity contribution < 1.29 is 27.8 Å². The second-order valence-corrected chi connectivity index (χ2v) is 9.22. The van der Waals surface area contributed by atoms with E-state index in [1.54, 1.807) is 45.3 Å². The monoisotopic (exact) mass is 485 g/mol. The zero-order valence-electron chi connectivity index (χ0n) is 18.7. The van der Waals surface area contributed by atoms with Crippen LogP contribution in [-0.2, 0) is 10.2 Å². The number of phenols is 1. The summed E-state index contributed by atoms with van der Waals surface area (Å²) in [6.07, 6.45) is 0. The minimum atomic E-state index is -4.07. The predicted octanol–water partition coefficient (Wildman–Crippen LogP) is 2.20. The maximum atomic E-state index is 12.3. The Kier molecular flexibility index (Phi) is 5.92. The van der Waals surface area contributed by atoms with Crippen LogP contribution in [0.4, 0.5) is 5.69 Å². The van der Waals surface area contributed by atoms with Gasteiger partial charge in [-0.15, -0.1) is 4.40 Å². The summed E-state index contributed by atoms with van der Waals surface area (Å²) in [6, 6.07) is 9.14. The molecule has 0 unspecified atom stereocenters. The molecule has 4 rings (SSSR count). The molecule has 1 amide bonds. The van der Waals surface area contributed by atoms with E-state index in [0.29, 0.717) is 22.6 Å². The molecule has 2 aromatic rings. The fourth-order valence-corrected chi connectivity index (χ4v) is 4.21. The van der Waals surface area contributed by atoms with Crippen molar-refractivity contribution in [3.63, 3.8) is 0 Å². The summed E-state index contributed by atoms with van der Waals surface area (Å²) in [5, 5.41) is 13.4. The molecule has 2 aromatic carbocycles. The Morgan fingerprint density at radius 2 is 2.00 bits per heavy atom. The van der Waals surface area contributed by atoms with Crippen LogP contribution in [0.5, 0.6) is 17.2 Å². The van der Waals surface area contributed by atoms with Crippen molar-refractivity contribution in [3.05, 3.63) is 59.7 Å². The highest BCUT2D eigenvalue weighted by molar-refractivity contribution is 7.89. The van der Waals surface area contributed by atoms with Gasteiger partial charge in [-0.25, -0.2) is 4.72 Å². The molecular formula is C22H23N5O6S. The van der Waals surface area contributed by atoms with Crippen molar-refractivity contribution >= 4 is 33.5 Å². The van der Waals surface area contributed by atoms with E-state index < -0.39 is 22.2 Å². The third-order valence-corrected chi connectivity index (χ3v) is 5.90. The van der Waals surface area contributed by atoms with Gasteiger partial charge in [0.05, 0.1) is 17.3 Å². The summed E-state index contributed by atoms with van der Waals surface area (Å²) in [7, 11) is -0.960. The minimum absolute atomic E-state index is 0.0445. The van der Waals surface area contributed by atoms with Crippen molar-refractivity contribution in [2.45, 2.75) is 13.0 Å². The number of benzene rings is 2. The van der Waals surface area contributed by atoms with Crippen LogP contribution in [0, 0.1) is 0 Å². The van der Waals surface area contributed by atoms with E-state index in [1.165, 1.54) is 17.0 Å². The van der Waals surface area contributed by atoms with Gasteiger partial charge in [0.25, 0.3) is 5.91 Å². The van der Waals surface area contributed by atoms with Gasteiger partial charge in [0.15, 0.2) is 28.9 Å². The molecule has 0 spiro atoms. The Balaban J connectivity index is 1.70. The molecule has 2 aliphatic heterocycles. The molecule has 0 radical (unpaired) electrons. The van der Waals surface area contributed by atoms with Gasteiger partial charge in [-0.05, 0) is 36.8 Å². The van der Waals surface area contributed by atoms with Gasteiger partial charge < -0.3 is 24.8 Å². The zero-order valence-corrected chi connectivity index (χ0v) is 19.5. The number of fused-ring (bicyclic) bond motifs is 1. The summed E-state index contributed by atoms with van der Waals surface area (Å²) in [5.74, 6) is 0.172. The van der Waals surface area contributed by atoms with E-state index >= 15 is 0 Å². The van der Waals surface area contributed by atoms with Gasteiger partial charge in [-0.3, -0.25) is 9.79 Å². The molecule has 12 heteroatoms. The van der Waals surface area contributed by atoms with Crippen molar-refractivity contribution in [3.8, 4) is 17.2 Å². The lowest BCUT2D eigenvalue weighted by Crippen LogP contribution is -2.31. The highest BCUT2D eigenvalue weighted by Crippen LogP contribution is 2.37. The van der Waals surface area contributed by atoms with E-state index in [0.717, 1.165) is 0 Å². The molecule has 34 heavy (non-hydrogen) atoms. The molecule has 178 valence electrons. The van der Waals surface area contributed by atoms with Crippen LogP contribution in [0.15, 0.2) is 57.9 Å². The number of nitrogens with one attached hydrogen (secondary N) is 2. The molecule has 11 nitrogen and oxygen atoms in total. The van der Waals surface area contributed by atoms with Crippen LogP contribution in [0.1, 0.15) is 28.9 Å². The smallest absolute Gasteiger partial charge is 0.345 e. The number of nitrogens with zero attached hydrogens (tertiary/aromatic N) is 3. The first-order valence-electron chi connectivity index (χ1n) is 10.1. The summed E-state index contributed by atoms with van der Waals surface area (Å²) < 4.78 is 41.2. The van der Waals surface area contributed by atoms with Crippen LogP contribution < -0.4 is 19.5 Å². The number of carbonyl (C=O) groups excluding carboxylic acids is 1. The van der Waals surface area contributed by atoms with Gasteiger partial charge in [0.1, 0.15) is 0 Å². The highest BCUT2D eigenvalue weighted by Gasteiger charge is 2.29. The van der Waals surface area contributed by atoms with Crippen LogP contribution >= 0.6 is 0 Å². The Morgan fingerprint density at radius 3 is 2.71 bits per heavy atom. The van der Waals surface area contributed by atoms with Crippen LogP contribution in [0.25, 0.3) is 0 Å². The minimum Gasteiger partial charge on any atom is -0.505 e. The standard InChI is InChI=1S/C22H23N5O6S/c1-12(2)18(13-8-9-16-17(10-13)33-11-32-16)24-21-20(25-34(30,31)26-21)23-15-7-5-6-14(19(15)28)22(29)27(3)4/h5-10,18,28H,1,11H2,2-4H3,(H,23,25)(H,24,26)/t18-/m1/s1. The summed E-state index contributed by atoms with van der Waals surface area (Å²) in [6.45, 7) is 5.85. The van der Waals surface area contributed by atoms with Crippen LogP contribution in [0.3, 0.4) is 0 Å². The zero-order chi connectivity index (χ0) is 24.6. The number of amidine groups is 2. The lowest BCUT2D eigenvalue weighted by Gasteiger charge is -2.16. The first-order chi connectivity index (χ1) is 16.1. The normalized spacial score (nSPS) is 17.6. The van der Waals surface area contributed by atoms with E-state index in [1.807, 2.05) is 0 Å². The second kappa shape index (κ2) is 8.71. The first-order valence-corrected chi connectivity index (χ1v) is 11.6. The number of aliphatic imine (C=N–C) groups is 1. The highest BCUT2D eigenvalue weighted by atomic mass is 32.2. The number of hydrogen-bond acceptors (Lipinski definition) is 8. The quantitative estimate of drug-likeness (QED) is 0.435. The molecular weight excluding hydrogens is 462 g/mol. The molecule has 2 aliphatic rings. The largest absolute Gasteiger partial charge is 0.505 e. The van der Waals surface area contributed by atoms with E-state index in [-0.39, 0.29) is 35.5 Å². The lowest BCUT2D eigenvalue weighted by molar-refractivity contribution is 0.0824. The number of amides is 1. The van der Waals surface area contributed by atoms with Gasteiger partial charge in [-0.1, -0.05) is 24.3 Å². The molecule has 2 heterocycles. The summed E-state index contributed by atoms with van der Waals surface area (Å²) in [4.78, 5) is 18.2. The fourth-order valence-electron chi connectivity index (χ4n) is 3.39. The maximum absolute atomic E-state index is 12.3. The number of hydrogen-bond donors (Lipinski definition) is 3. The summed E-state index contributed by atoms with van der Waals surface area (Å²) in [5.41, 5.74) is 1.48. The SMILES string of the molecule is C=C(C)[C@@H](N=C1NS(=O)(=O)N=C1Nc1cccc(C(=O)N(C)C)c1O)c1ccc2c(c1)OCO2. The molecule has 0 bridgehead atoms. The number of phenolic OH excluding ortho intramolecular Hbond substituents is 1. The van der Waals surface area contributed by atoms with Gasteiger partial charge in [0.2, 0.25) is 6.79 Å². The Hall–Kier alpha value is -4.06. The fraction of sp³-hybridized carbons (Fsp3) is 0.227. The third-order valence-electron chi connectivity index (χ3n) is 5.02. The Morgan fingerprint density at radius 1 is 1.26 bits per heavy atom. The molecule has 0 aromatic heterocycles. The lowest BCUT2D eigenvalue weighted by atomic mass is 10.0. The summed E-state index contributed by atoms with van der Waals surface area (Å²) >= 11 is 0.